The number of rotatable bonds is 4. The van der Waals surface area contributed by atoms with Crippen molar-refractivity contribution in [3.63, 3.8) is 0 Å². The number of piperidine rings is 1. The van der Waals surface area contributed by atoms with E-state index in [1.807, 2.05) is 0 Å². The second kappa shape index (κ2) is 5.81. The zero-order chi connectivity index (χ0) is 12.1. The fraction of sp³-hybridized carbons (Fsp3) is 0.800. The lowest BCUT2D eigenvalue weighted by molar-refractivity contribution is -0.139. The molecule has 1 heterocycles. The molecule has 1 aliphatic rings. The van der Waals surface area contributed by atoms with Gasteiger partial charge in [0.05, 0.1) is 0 Å². The molecular weight excluding hydrogens is 210 g/mol. The van der Waals surface area contributed by atoms with Crippen molar-refractivity contribution in [2.45, 2.75) is 37.8 Å². The van der Waals surface area contributed by atoms with Crippen LogP contribution in [0.5, 0.6) is 0 Å². The van der Waals surface area contributed by atoms with E-state index in [2.05, 4.69) is 0 Å². The summed E-state index contributed by atoms with van der Waals surface area (Å²) in [5.74, 6) is -1.12. The molecule has 0 spiro atoms. The third kappa shape index (κ3) is 3.79. The normalized spacial score (nSPS) is 22.9. The highest BCUT2D eigenvalue weighted by Crippen LogP contribution is 2.10. The van der Waals surface area contributed by atoms with Gasteiger partial charge >= 0.3 is 5.97 Å². The predicted molar refractivity (Wildman–Crippen MR) is 58.6 cm³/mol. The fourth-order valence-electron chi connectivity index (χ4n) is 1.80. The zero-order valence-electron chi connectivity index (χ0n) is 9.26. The van der Waals surface area contributed by atoms with E-state index in [0.29, 0.717) is 6.54 Å². The monoisotopic (exact) mass is 229 g/mol. The van der Waals surface area contributed by atoms with Crippen molar-refractivity contribution >= 4 is 11.9 Å². The average Bonchev–Trinajstić information content (AvgIpc) is 2.25. The smallest absolute Gasteiger partial charge is 0.320 e. The number of carboxylic acids is 1. The molecule has 1 saturated heterocycles. The lowest BCUT2D eigenvalue weighted by Gasteiger charge is -2.31. The van der Waals surface area contributed by atoms with Gasteiger partial charge in [0, 0.05) is 25.6 Å². The molecule has 0 bridgehead atoms. The minimum absolute atomic E-state index is 0.0471. The lowest BCUT2D eigenvalue weighted by atomic mass is 10.1. The molecule has 5 N–H and O–H groups in total. The van der Waals surface area contributed by atoms with E-state index in [9.17, 15) is 9.59 Å². The van der Waals surface area contributed by atoms with E-state index in [1.165, 1.54) is 0 Å². The molecule has 2 atom stereocenters. The molecule has 0 unspecified atom stereocenters. The van der Waals surface area contributed by atoms with Crippen LogP contribution < -0.4 is 11.5 Å². The molecule has 0 aromatic heterocycles. The quantitative estimate of drug-likeness (QED) is 0.580. The molecule has 92 valence electrons. The number of nitrogens with two attached hydrogens (primary N) is 2. The molecule has 1 fully saturated rings. The summed E-state index contributed by atoms with van der Waals surface area (Å²) in [7, 11) is 0. The van der Waals surface area contributed by atoms with Crippen molar-refractivity contribution in [2.24, 2.45) is 11.5 Å². The Hall–Kier alpha value is -1.14. The Morgan fingerprint density at radius 1 is 1.50 bits per heavy atom. The van der Waals surface area contributed by atoms with E-state index in [0.717, 1.165) is 19.4 Å². The van der Waals surface area contributed by atoms with Crippen LogP contribution in [0.2, 0.25) is 0 Å². The van der Waals surface area contributed by atoms with E-state index in [-0.39, 0.29) is 24.8 Å². The van der Waals surface area contributed by atoms with Gasteiger partial charge in [-0.05, 0) is 19.3 Å². The molecule has 6 nitrogen and oxygen atoms in total. The van der Waals surface area contributed by atoms with Crippen LogP contribution in [0.15, 0.2) is 0 Å². The molecule has 1 amide bonds. The summed E-state index contributed by atoms with van der Waals surface area (Å²) in [5, 5.41) is 8.58. The first-order chi connectivity index (χ1) is 7.50. The van der Waals surface area contributed by atoms with Gasteiger partial charge in [-0.2, -0.15) is 0 Å². The van der Waals surface area contributed by atoms with Crippen LogP contribution in [0.1, 0.15) is 25.7 Å². The SMILES string of the molecule is N[C@H]1CCCN(C(=O)CC[C@H](N)C(=O)O)C1. The fourth-order valence-corrected chi connectivity index (χ4v) is 1.80. The van der Waals surface area contributed by atoms with Crippen molar-refractivity contribution < 1.29 is 14.7 Å². The maximum atomic E-state index is 11.7. The van der Waals surface area contributed by atoms with Gasteiger partial charge in [0.1, 0.15) is 6.04 Å². The summed E-state index contributed by atoms with van der Waals surface area (Å²) in [4.78, 5) is 23.9. The van der Waals surface area contributed by atoms with Crippen molar-refractivity contribution in [2.75, 3.05) is 13.1 Å². The molecule has 16 heavy (non-hydrogen) atoms. The molecule has 0 aromatic carbocycles. The summed E-state index contributed by atoms with van der Waals surface area (Å²) < 4.78 is 0. The van der Waals surface area contributed by atoms with Crippen LogP contribution in [0.3, 0.4) is 0 Å². The van der Waals surface area contributed by atoms with E-state index < -0.39 is 12.0 Å². The lowest BCUT2D eigenvalue weighted by Crippen LogP contribution is -2.46. The Labute approximate surface area is 94.6 Å². The minimum Gasteiger partial charge on any atom is -0.480 e. The van der Waals surface area contributed by atoms with Crippen LogP contribution in [0.25, 0.3) is 0 Å². The maximum Gasteiger partial charge on any atom is 0.320 e. The van der Waals surface area contributed by atoms with E-state index >= 15 is 0 Å². The first kappa shape index (κ1) is 12.9. The number of nitrogens with zero attached hydrogens (tertiary/aromatic N) is 1. The molecule has 0 aliphatic carbocycles. The van der Waals surface area contributed by atoms with E-state index in [4.69, 9.17) is 16.6 Å². The van der Waals surface area contributed by atoms with Gasteiger partial charge in [-0.1, -0.05) is 0 Å². The van der Waals surface area contributed by atoms with Crippen LogP contribution in [0, 0.1) is 0 Å². The van der Waals surface area contributed by atoms with Crippen LogP contribution in [-0.4, -0.2) is 47.1 Å². The van der Waals surface area contributed by atoms with Crippen molar-refractivity contribution in [1.29, 1.82) is 0 Å². The van der Waals surface area contributed by atoms with Crippen molar-refractivity contribution in [1.82, 2.24) is 4.90 Å². The zero-order valence-corrected chi connectivity index (χ0v) is 9.26. The number of hydrogen-bond acceptors (Lipinski definition) is 4. The van der Waals surface area contributed by atoms with Crippen LogP contribution in [-0.2, 0) is 9.59 Å². The van der Waals surface area contributed by atoms with Gasteiger partial charge in [0.25, 0.3) is 0 Å². The molecule has 0 radical (unpaired) electrons. The number of hydrogen-bond donors (Lipinski definition) is 3. The highest BCUT2D eigenvalue weighted by atomic mass is 16.4. The Balaban J connectivity index is 2.31. The third-order valence-corrected chi connectivity index (χ3v) is 2.80. The van der Waals surface area contributed by atoms with Gasteiger partial charge in [-0.25, -0.2) is 0 Å². The number of carbonyl (C=O) groups is 2. The van der Waals surface area contributed by atoms with Gasteiger partial charge in [-0.15, -0.1) is 0 Å². The first-order valence-electron chi connectivity index (χ1n) is 5.52. The number of aliphatic carboxylic acids is 1. The van der Waals surface area contributed by atoms with Gasteiger partial charge < -0.3 is 21.5 Å². The Morgan fingerprint density at radius 3 is 2.75 bits per heavy atom. The summed E-state index contributed by atoms with van der Waals surface area (Å²) >= 11 is 0. The standard InChI is InChI=1S/C10H19N3O3/c11-7-2-1-5-13(6-7)9(14)4-3-8(12)10(15)16/h7-8H,1-6,11-12H2,(H,15,16)/t7-,8-/m0/s1. The highest BCUT2D eigenvalue weighted by Gasteiger charge is 2.22. The number of likely N-dealkylation sites (tertiary alicyclic amines) is 1. The van der Waals surface area contributed by atoms with Crippen LogP contribution >= 0.6 is 0 Å². The third-order valence-electron chi connectivity index (χ3n) is 2.80. The largest absolute Gasteiger partial charge is 0.480 e. The maximum absolute atomic E-state index is 11.7. The molecule has 0 saturated carbocycles. The predicted octanol–water partition coefficient (Wildman–Crippen LogP) is -0.872. The number of carbonyl (C=O) groups excluding carboxylic acids is 1. The molecule has 6 heteroatoms. The summed E-state index contributed by atoms with van der Waals surface area (Å²) in [6.07, 6.45) is 2.22. The second-order valence-corrected chi connectivity index (χ2v) is 4.23. The highest BCUT2D eigenvalue weighted by molar-refractivity contribution is 5.78. The minimum atomic E-state index is -1.07. The number of amides is 1. The van der Waals surface area contributed by atoms with Gasteiger partial charge in [0.2, 0.25) is 5.91 Å². The van der Waals surface area contributed by atoms with Gasteiger partial charge in [-0.3, -0.25) is 9.59 Å². The van der Waals surface area contributed by atoms with Crippen molar-refractivity contribution in [3.05, 3.63) is 0 Å². The number of carboxylic acid groups (broad SMARTS) is 1. The molecule has 1 aliphatic heterocycles. The Morgan fingerprint density at radius 2 is 2.19 bits per heavy atom. The average molecular weight is 229 g/mol. The van der Waals surface area contributed by atoms with Gasteiger partial charge in [0.15, 0.2) is 0 Å². The van der Waals surface area contributed by atoms with Crippen molar-refractivity contribution in [3.8, 4) is 0 Å². The molecular formula is C10H19N3O3. The molecule has 0 aromatic rings. The van der Waals surface area contributed by atoms with Crippen LogP contribution in [0.4, 0.5) is 0 Å². The summed E-state index contributed by atoms with van der Waals surface area (Å²) in [5.41, 5.74) is 11.1. The van der Waals surface area contributed by atoms with E-state index in [1.54, 1.807) is 4.90 Å². The topological polar surface area (TPSA) is 110 Å². The summed E-state index contributed by atoms with van der Waals surface area (Å²) in [6, 6.07) is -0.909. The second-order valence-electron chi connectivity index (χ2n) is 4.23. The Kier molecular flexibility index (Phi) is 4.70. The summed E-state index contributed by atoms with van der Waals surface area (Å²) in [6.45, 7) is 1.29. The molecule has 1 rings (SSSR count). The Bertz CT molecular complexity index is 270. The first-order valence-corrected chi connectivity index (χ1v) is 5.52.